The molecule has 2 rings (SSSR count). The summed E-state index contributed by atoms with van der Waals surface area (Å²) >= 11 is 2.81. The van der Waals surface area contributed by atoms with Gasteiger partial charge in [0.1, 0.15) is 10.7 Å². The highest BCUT2D eigenvalue weighted by Crippen LogP contribution is 2.29. The second kappa shape index (κ2) is 5.41. The standard InChI is InChI=1S/C12H13N3OS2/c1-15(8-6-4-3-5-7-8)11(16)9-10(13)14-12(17-2)18-9/h3-7H,13H2,1-2H3. The maximum absolute atomic E-state index is 12.3. The van der Waals surface area contributed by atoms with Gasteiger partial charge in [-0.2, -0.15) is 0 Å². The molecule has 1 amide bonds. The first-order chi connectivity index (χ1) is 8.63. The number of aromatic nitrogens is 1. The van der Waals surface area contributed by atoms with Crippen LogP contribution in [0.25, 0.3) is 0 Å². The summed E-state index contributed by atoms with van der Waals surface area (Å²) in [5.41, 5.74) is 6.61. The van der Waals surface area contributed by atoms with Gasteiger partial charge in [-0.25, -0.2) is 4.98 Å². The lowest BCUT2D eigenvalue weighted by atomic mass is 10.3. The minimum atomic E-state index is -0.128. The number of thiazole rings is 1. The zero-order valence-corrected chi connectivity index (χ0v) is 11.7. The maximum Gasteiger partial charge on any atom is 0.271 e. The number of hydrogen-bond donors (Lipinski definition) is 1. The number of para-hydroxylation sites is 1. The number of carbonyl (C=O) groups excluding carboxylic acids is 1. The van der Waals surface area contributed by atoms with Gasteiger partial charge in [0, 0.05) is 12.7 Å². The second-order valence-corrected chi connectivity index (χ2v) is 5.65. The van der Waals surface area contributed by atoms with Crippen LogP contribution in [0.4, 0.5) is 11.5 Å². The molecule has 1 aromatic carbocycles. The molecule has 0 bridgehead atoms. The van der Waals surface area contributed by atoms with Crippen LogP contribution in [-0.2, 0) is 0 Å². The van der Waals surface area contributed by atoms with Crippen LogP contribution in [0.1, 0.15) is 9.67 Å². The van der Waals surface area contributed by atoms with Gasteiger partial charge in [-0.3, -0.25) is 4.79 Å². The van der Waals surface area contributed by atoms with Crippen molar-refractivity contribution in [3.63, 3.8) is 0 Å². The van der Waals surface area contributed by atoms with Crippen molar-refractivity contribution < 1.29 is 4.79 Å². The Kier molecular flexibility index (Phi) is 3.88. The molecule has 0 aliphatic heterocycles. The molecule has 1 aromatic heterocycles. The Morgan fingerprint density at radius 2 is 2.06 bits per heavy atom. The second-order valence-electron chi connectivity index (χ2n) is 3.60. The lowest BCUT2D eigenvalue weighted by molar-refractivity contribution is 0.0997. The van der Waals surface area contributed by atoms with Crippen molar-refractivity contribution in [1.82, 2.24) is 4.98 Å². The average Bonchev–Trinajstić information content (AvgIpc) is 2.79. The normalized spacial score (nSPS) is 10.3. The van der Waals surface area contributed by atoms with Crippen molar-refractivity contribution in [3.05, 3.63) is 35.2 Å². The summed E-state index contributed by atoms with van der Waals surface area (Å²) < 4.78 is 0.803. The smallest absolute Gasteiger partial charge is 0.271 e. The zero-order chi connectivity index (χ0) is 13.1. The van der Waals surface area contributed by atoms with E-state index in [1.54, 1.807) is 11.9 Å². The summed E-state index contributed by atoms with van der Waals surface area (Å²) in [4.78, 5) is 18.5. The number of thioether (sulfide) groups is 1. The van der Waals surface area contributed by atoms with Crippen molar-refractivity contribution >= 4 is 40.5 Å². The minimum Gasteiger partial charge on any atom is -0.382 e. The van der Waals surface area contributed by atoms with Crippen molar-refractivity contribution in [1.29, 1.82) is 0 Å². The number of nitrogens with zero attached hydrogens (tertiary/aromatic N) is 2. The molecule has 0 spiro atoms. The van der Waals surface area contributed by atoms with Crippen LogP contribution >= 0.6 is 23.1 Å². The van der Waals surface area contributed by atoms with Crippen LogP contribution in [0.5, 0.6) is 0 Å². The molecular formula is C12H13N3OS2. The Bertz CT molecular complexity index is 554. The first-order valence-corrected chi connectivity index (χ1v) is 7.31. The fraction of sp³-hybridized carbons (Fsp3) is 0.167. The monoisotopic (exact) mass is 279 g/mol. The molecule has 0 atom stereocenters. The molecular weight excluding hydrogens is 266 g/mol. The van der Waals surface area contributed by atoms with Gasteiger partial charge in [0.15, 0.2) is 4.34 Å². The number of nitrogens with two attached hydrogens (primary N) is 1. The molecule has 18 heavy (non-hydrogen) atoms. The summed E-state index contributed by atoms with van der Waals surface area (Å²) in [6, 6.07) is 9.45. The SMILES string of the molecule is CSc1nc(N)c(C(=O)N(C)c2ccccc2)s1. The quantitative estimate of drug-likeness (QED) is 0.878. The zero-order valence-electron chi connectivity index (χ0n) is 10.1. The Morgan fingerprint density at radius 1 is 1.39 bits per heavy atom. The molecule has 2 aromatic rings. The van der Waals surface area contributed by atoms with Crippen molar-refractivity contribution in [2.75, 3.05) is 23.9 Å². The summed E-state index contributed by atoms with van der Waals surface area (Å²) in [6.45, 7) is 0. The molecule has 0 fully saturated rings. The van der Waals surface area contributed by atoms with Gasteiger partial charge in [-0.1, -0.05) is 30.0 Å². The van der Waals surface area contributed by atoms with Crippen LogP contribution in [0.3, 0.4) is 0 Å². The summed E-state index contributed by atoms with van der Waals surface area (Å²) in [5, 5.41) is 0. The molecule has 0 aliphatic rings. The van der Waals surface area contributed by atoms with Gasteiger partial charge in [0.05, 0.1) is 0 Å². The third kappa shape index (κ3) is 2.49. The number of hydrogen-bond acceptors (Lipinski definition) is 5. The summed E-state index contributed by atoms with van der Waals surface area (Å²) in [7, 11) is 1.73. The Labute approximate surface area is 114 Å². The van der Waals surface area contributed by atoms with E-state index in [1.165, 1.54) is 23.1 Å². The molecule has 0 saturated carbocycles. The Balaban J connectivity index is 2.28. The van der Waals surface area contributed by atoms with Gasteiger partial charge in [-0.15, -0.1) is 11.3 Å². The van der Waals surface area contributed by atoms with Crippen molar-refractivity contribution in [2.24, 2.45) is 0 Å². The van der Waals surface area contributed by atoms with Crippen LogP contribution in [0.2, 0.25) is 0 Å². The maximum atomic E-state index is 12.3. The van der Waals surface area contributed by atoms with E-state index >= 15 is 0 Å². The molecule has 0 aliphatic carbocycles. The summed E-state index contributed by atoms with van der Waals surface area (Å²) in [6.07, 6.45) is 1.91. The van der Waals surface area contributed by atoms with Crippen LogP contribution < -0.4 is 10.6 Å². The number of rotatable bonds is 3. The third-order valence-corrected chi connectivity index (χ3v) is 4.50. The number of amides is 1. The minimum absolute atomic E-state index is 0.128. The molecule has 94 valence electrons. The Hall–Kier alpha value is -1.53. The van der Waals surface area contributed by atoms with Crippen LogP contribution in [-0.4, -0.2) is 24.2 Å². The first-order valence-electron chi connectivity index (χ1n) is 5.27. The molecule has 6 heteroatoms. The molecule has 0 saturated heterocycles. The fourth-order valence-electron chi connectivity index (χ4n) is 1.47. The van der Waals surface area contributed by atoms with Gasteiger partial charge >= 0.3 is 0 Å². The molecule has 1 heterocycles. The fourth-order valence-corrected chi connectivity index (χ4v) is 2.94. The first kappa shape index (κ1) is 12.9. The van der Waals surface area contributed by atoms with E-state index in [4.69, 9.17) is 5.73 Å². The highest BCUT2D eigenvalue weighted by molar-refractivity contribution is 8.00. The van der Waals surface area contributed by atoms with E-state index in [-0.39, 0.29) is 5.91 Å². The van der Waals surface area contributed by atoms with E-state index in [0.717, 1.165) is 10.0 Å². The largest absolute Gasteiger partial charge is 0.382 e. The third-order valence-electron chi connectivity index (χ3n) is 2.45. The van der Waals surface area contributed by atoms with E-state index in [0.29, 0.717) is 10.7 Å². The van der Waals surface area contributed by atoms with E-state index in [1.807, 2.05) is 36.6 Å². The topological polar surface area (TPSA) is 59.2 Å². The summed E-state index contributed by atoms with van der Waals surface area (Å²) in [5.74, 6) is 0.175. The predicted molar refractivity (Wildman–Crippen MR) is 77.5 cm³/mol. The lowest BCUT2D eigenvalue weighted by Crippen LogP contribution is -2.26. The highest BCUT2D eigenvalue weighted by atomic mass is 32.2. The van der Waals surface area contributed by atoms with Gasteiger partial charge in [0.25, 0.3) is 5.91 Å². The molecule has 0 unspecified atom stereocenters. The van der Waals surface area contributed by atoms with Crippen LogP contribution in [0.15, 0.2) is 34.7 Å². The van der Waals surface area contributed by atoms with Gasteiger partial charge in [0.2, 0.25) is 0 Å². The van der Waals surface area contributed by atoms with E-state index in [9.17, 15) is 4.79 Å². The van der Waals surface area contributed by atoms with E-state index in [2.05, 4.69) is 4.98 Å². The molecule has 0 radical (unpaired) electrons. The lowest BCUT2D eigenvalue weighted by Gasteiger charge is -2.16. The molecule has 4 nitrogen and oxygen atoms in total. The van der Waals surface area contributed by atoms with Gasteiger partial charge in [-0.05, 0) is 18.4 Å². The van der Waals surface area contributed by atoms with Crippen LogP contribution in [0, 0.1) is 0 Å². The number of carbonyl (C=O) groups is 1. The number of benzene rings is 1. The Morgan fingerprint density at radius 3 is 2.61 bits per heavy atom. The highest BCUT2D eigenvalue weighted by Gasteiger charge is 2.20. The van der Waals surface area contributed by atoms with E-state index < -0.39 is 0 Å². The van der Waals surface area contributed by atoms with Crippen molar-refractivity contribution in [3.8, 4) is 0 Å². The molecule has 2 N–H and O–H groups in total. The number of anilines is 2. The van der Waals surface area contributed by atoms with Gasteiger partial charge < -0.3 is 10.6 Å². The van der Waals surface area contributed by atoms with Crippen molar-refractivity contribution in [2.45, 2.75) is 4.34 Å². The number of nitrogen functional groups attached to an aromatic ring is 1. The predicted octanol–water partition coefficient (Wildman–Crippen LogP) is 2.72. The average molecular weight is 279 g/mol.